The van der Waals surface area contributed by atoms with E-state index in [1.807, 2.05) is 19.9 Å². The summed E-state index contributed by atoms with van der Waals surface area (Å²) in [7, 11) is 0. The van der Waals surface area contributed by atoms with Gasteiger partial charge in [0.05, 0.1) is 5.56 Å². The number of hydrogen-bond acceptors (Lipinski definition) is 5. The maximum absolute atomic E-state index is 11.5. The number of nitrogens with zero attached hydrogens (tertiary/aromatic N) is 2. The van der Waals surface area contributed by atoms with Crippen LogP contribution >= 0.6 is 0 Å². The van der Waals surface area contributed by atoms with Gasteiger partial charge >= 0.3 is 0 Å². The molecule has 1 aliphatic rings. The van der Waals surface area contributed by atoms with Crippen LogP contribution in [0.15, 0.2) is 6.07 Å². The lowest BCUT2D eigenvalue weighted by Crippen LogP contribution is -2.45. The van der Waals surface area contributed by atoms with Gasteiger partial charge in [-0.1, -0.05) is 0 Å². The molecule has 1 aromatic heterocycles. The summed E-state index contributed by atoms with van der Waals surface area (Å²) in [5.74, 6) is 0.171. The van der Waals surface area contributed by atoms with Gasteiger partial charge in [0.25, 0.3) is 5.91 Å². The Morgan fingerprint density at radius 3 is 2.80 bits per heavy atom. The molecule has 0 aromatic carbocycles. The van der Waals surface area contributed by atoms with Crippen LogP contribution in [0.4, 0.5) is 5.82 Å². The van der Waals surface area contributed by atoms with E-state index in [9.17, 15) is 4.79 Å². The molecule has 1 amide bonds. The van der Waals surface area contributed by atoms with Crippen molar-refractivity contribution >= 4 is 11.7 Å². The van der Waals surface area contributed by atoms with Crippen molar-refractivity contribution in [1.82, 2.24) is 15.2 Å². The van der Waals surface area contributed by atoms with Crippen LogP contribution in [-0.4, -0.2) is 55.1 Å². The maximum atomic E-state index is 11.5. The van der Waals surface area contributed by atoms with Gasteiger partial charge in [0, 0.05) is 45.0 Å². The third-order valence-electron chi connectivity index (χ3n) is 3.52. The summed E-state index contributed by atoms with van der Waals surface area (Å²) in [5.41, 5.74) is 7.69. The van der Waals surface area contributed by atoms with E-state index in [1.54, 1.807) is 0 Å². The van der Waals surface area contributed by atoms with Crippen LogP contribution in [0.25, 0.3) is 0 Å². The molecule has 1 aromatic rings. The van der Waals surface area contributed by atoms with Crippen molar-refractivity contribution in [3.8, 4) is 0 Å². The van der Waals surface area contributed by atoms with Crippen LogP contribution in [0.2, 0.25) is 0 Å². The summed E-state index contributed by atoms with van der Waals surface area (Å²) in [6.07, 6.45) is 0. The quantitative estimate of drug-likeness (QED) is 0.712. The highest BCUT2D eigenvalue weighted by Crippen LogP contribution is 2.17. The molecule has 2 heterocycles. The monoisotopic (exact) mass is 277 g/mol. The fourth-order valence-corrected chi connectivity index (χ4v) is 2.54. The molecule has 0 atom stereocenters. The number of pyridine rings is 1. The normalized spacial score (nSPS) is 16.1. The van der Waals surface area contributed by atoms with Crippen molar-refractivity contribution in [3.63, 3.8) is 0 Å². The number of carbonyl (C=O) groups excluding carboxylic acids is 1. The van der Waals surface area contributed by atoms with E-state index >= 15 is 0 Å². The number of nitrogens with two attached hydrogens (primary N) is 1. The van der Waals surface area contributed by atoms with Gasteiger partial charge in [0.15, 0.2) is 0 Å². The van der Waals surface area contributed by atoms with E-state index in [4.69, 9.17) is 5.73 Å². The molecular formula is C14H23N5O. The van der Waals surface area contributed by atoms with Crippen molar-refractivity contribution in [2.45, 2.75) is 13.8 Å². The molecule has 6 heteroatoms. The first-order chi connectivity index (χ1) is 9.58. The van der Waals surface area contributed by atoms with Crippen LogP contribution in [0, 0.1) is 13.8 Å². The van der Waals surface area contributed by atoms with Crippen LogP contribution in [0.1, 0.15) is 21.6 Å². The number of amides is 1. The SMILES string of the molecule is Cc1cc(C)c(C(N)=O)c(NCCN2CCNCC2)n1. The first-order valence-electron chi connectivity index (χ1n) is 7.03. The minimum Gasteiger partial charge on any atom is -0.368 e. The number of aromatic nitrogens is 1. The molecule has 6 nitrogen and oxygen atoms in total. The van der Waals surface area contributed by atoms with Gasteiger partial charge in [-0.05, 0) is 25.5 Å². The fourth-order valence-electron chi connectivity index (χ4n) is 2.54. The minimum atomic E-state index is -0.431. The summed E-state index contributed by atoms with van der Waals surface area (Å²) in [4.78, 5) is 18.3. The number of carbonyl (C=O) groups is 1. The Labute approximate surface area is 119 Å². The highest BCUT2D eigenvalue weighted by atomic mass is 16.1. The lowest BCUT2D eigenvalue weighted by Gasteiger charge is -2.27. The van der Waals surface area contributed by atoms with E-state index in [-0.39, 0.29) is 0 Å². The summed E-state index contributed by atoms with van der Waals surface area (Å²) < 4.78 is 0. The van der Waals surface area contributed by atoms with E-state index < -0.39 is 5.91 Å². The number of aryl methyl sites for hydroxylation is 2. The van der Waals surface area contributed by atoms with Crippen molar-refractivity contribution < 1.29 is 4.79 Å². The lowest BCUT2D eigenvalue weighted by molar-refractivity contribution is 0.1000. The van der Waals surface area contributed by atoms with Crippen LogP contribution in [0.5, 0.6) is 0 Å². The average molecular weight is 277 g/mol. The molecule has 110 valence electrons. The van der Waals surface area contributed by atoms with Gasteiger partial charge in [0.1, 0.15) is 5.82 Å². The standard InChI is InChI=1S/C14H23N5O/c1-10-9-11(2)18-14(12(10)13(15)20)17-5-8-19-6-3-16-4-7-19/h9,16H,3-8H2,1-2H3,(H2,15,20)(H,17,18). The highest BCUT2D eigenvalue weighted by Gasteiger charge is 2.14. The van der Waals surface area contributed by atoms with Crippen LogP contribution in [0.3, 0.4) is 0 Å². The summed E-state index contributed by atoms with van der Waals surface area (Å²) in [6.45, 7) is 9.69. The zero-order valence-electron chi connectivity index (χ0n) is 12.2. The second-order valence-electron chi connectivity index (χ2n) is 5.19. The first kappa shape index (κ1) is 14.7. The second-order valence-corrected chi connectivity index (χ2v) is 5.19. The third-order valence-corrected chi connectivity index (χ3v) is 3.52. The van der Waals surface area contributed by atoms with Gasteiger partial charge in [-0.2, -0.15) is 0 Å². The zero-order chi connectivity index (χ0) is 14.5. The molecule has 0 spiro atoms. The zero-order valence-corrected chi connectivity index (χ0v) is 12.2. The second kappa shape index (κ2) is 6.67. The Kier molecular flexibility index (Phi) is 4.92. The average Bonchev–Trinajstić information content (AvgIpc) is 2.38. The number of hydrogen-bond donors (Lipinski definition) is 3. The molecule has 20 heavy (non-hydrogen) atoms. The summed E-state index contributed by atoms with van der Waals surface area (Å²) in [6, 6.07) is 1.88. The van der Waals surface area contributed by atoms with Crippen molar-refractivity contribution in [3.05, 3.63) is 22.9 Å². The molecule has 0 aliphatic carbocycles. The van der Waals surface area contributed by atoms with Crippen molar-refractivity contribution in [2.75, 3.05) is 44.6 Å². The molecule has 1 saturated heterocycles. The van der Waals surface area contributed by atoms with E-state index in [2.05, 4.69) is 20.5 Å². The maximum Gasteiger partial charge on any atom is 0.252 e. The Morgan fingerprint density at radius 1 is 1.45 bits per heavy atom. The Morgan fingerprint density at radius 2 is 2.15 bits per heavy atom. The smallest absolute Gasteiger partial charge is 0.252 e. The van der Waals surface area contributed by atoms with E-state index in [1.165, 1.54) is 0 Å². The number of anilines is 1. The van der Waals surface area contributed by atoms with Crippen molar-refractivity contribution in [2.24, 2.45) is 5.73 Å². The molecular weight excluding hydrogens is 254 g/mol. The van der Waals surface area contributed by atoms with Gasteiger partial charge < -0.3 is 16.4 Å². The Hall–Kier alpha value is -1.66. The largest absolute Gasteiger partial charge is 0.368 e. The molecule has 0 radical (unpaired) electrons. The van der Waals surface area contributed by atoms with Gasteiger partial charge in [-0.3, -0.25) is 9.69 Å². The number of primary amides is 1. The van der Waals surface area contributed by atoms with Gasteiger partial charge in [-0.15, -0.1) is 0 Å². The predicted molar refractivity (Wildman–Crippen MR) is 80.0 cm³/mol. The molecule has 1 fully saturated rings. The first-order valence-corrected chi connectivity index (χ1v) is 7.03. The molecule has 0 saturated carbocycles. The summed E-state index contributed by atoms with van der Waals surface area (Å²) >= 11 is 0. The Bertz CT molecular complexity index is 483. The molecule has 4 N–H and O–H groups in total. The number of rotatable bonds is 5. The fraction of sp³-hybridized carbons (Fsp3) is 0.571. The van der Waals surface area contributed by atoms with E-state index in [0.717, 1.165) is 50.5 Å². The number of piperazine rings is 1. The molecule has 0 unspecified atom stereocenters. The molecule has 0 bridgehead atoms. The van der Waals surface area contributed by atoms with Crippen LogP contribution < -0.4 is 16.4 Å². The van der Waals surface area contributed by atoms with Gasteiger partial charge in [-0.25, -0.2) is 4.98 Å². The number of nitrogens with one attached hydrogen (secondary N) is 2. The summed E-state index contributed by atoms with van der Waals surface area (Å²) in [5, 5.41) is 6.58. The minimum absolute atomic E-state index is 0.431. The third kappa shape index (κ3) is 3.68. The molecule has 2 rings (SSSR count). The topological polar surface area (TPSA) is 83.3 Å². The predicted octanol–water partition coefficient (Wildman–Crippen LogP) is 0.114. The highest BCUT2D eigenvalue weighted by molar-refractivity contribution is 5.99. The van der Waals surface area contributed by atoms with Crippen LogP contribution in [-0.2, 0) is 0 Å². The van der Waals surface area contributed by atoms with E-state index in [0.29, 0.717) is 11.4 Å². The Balaban J connectivity index is 1.99. The van der Waals surface area contributed by atoms with Crippen molar-refractivity contribution in [1.29, 1.82) is 0 Å². The van der Waals surface area contributed by atoms with Gasteiger partial charge in [0.2, 0.25) is 0 Å². The molecule has 1 aliphatic heterocycles. The lowest BCUT2D eigenvalue weighted by atomic mass is 10.1.